The van der Waals surface area contributed by atoms with Crippen molar-refractivity contribution in [1.29, 1.82) is 0 Å². The topological polar surface area (TPSA) is 61.4 Å². The van der Waals surface area contributed by atoms with Crippen molar-refractivity contribution >= 4 is 51.0 Å². The van der Waals surface area contributed by atoms with Crippen LogP contribution >= 0.6 is 28.1 Å². The SMILES string of the molecule is CC(C)NC(=S)Nc1cc(/C=C/C(=O)O)ccc1Br. The molecule has 1 rings (SSSR count). The van der Waals surface area contributed by atoms with Crippen LogP contribution in [0.2, 0.25) is 0 Å². The highest BCUT2D eigenvalue weighted by Gasteiger charge is 2.04. The lowest BCUT2D eigenvalue weighted by Crippen LogP contribution is -2.34. The third-order valence-corrected chi connectivity index (χ3v) is 2.99. The second-order valence-corrected chi connectivity index (χ2v) is 5.43. The van der Waals surface area contributed by atoms with Crippen LogP contribution in [0.3, 0.4) is 0 Å². The number of rotatable bonds is 4. The molecule has 0 aliphatic rings. The highest BCUT2D eigenvalue weighted by atomic mass is 79.9. The van der Waals surface area contributed by atoms with Gasteiger partial charge in [-0.05, 0) is 65.8 Å². The van der Waals surface area contributed by atoms with Gasteiger partial charge >= 0.3 is 5.97 Å². The van der Waals surface area contributed by atoms with Crippen molar-refractivity contribution in [3.05, 3.63) is 34.3 Å². The summed E-state index contributed by atoms with van der Waals surface area (Å²) in [6.07, 6.45) is 2.62. The fourth-order valence-corrected chi connectivity index (χ4v) is 2.02. The lowest BCUT2D eigenvalue weighted by atomic mass is 10.2. The first kappa shape index (κ1) is 15.7. The second kappa shape index (κ2) is 7.25. The third-order valence-electron chi connectivity index (χ3n) is 2.08. The maximum absolute atomic E-state index is 10.5. The van der Waals surface area contributed by atoms with Crippen LogP contribution in [0.5, 0.6) is 0 Å². The molecule has 0 saturated heterocycles. The minimum absolute atomic E-state index is 0.244. The fraction of sp³-hybridized carbons (Fsp3) is 0.231. The van der Waals surface area contributed by atoms with Crippen molar-refractivity contribution in [1.82, 2.24) is 5.32 Å². The van der Waals surface area contributed by atoms with E-state index < -0.39 is 5.97 Å². The van der Waals surface area contributed by atoms with Gasteiger partial charge in [0.25, 0.3) is 0 Å². The van der Waals surface area contributed by atoms with Crippen LogP contribution in [0.1, 0.15) is 19.4 Å². The van der Waals surface area contributed by atoms with E-state index in [0.29, 0.717) is 5.11 Å². The monoisotopic (exact) mass is 342 g/mol. The van der Waals surface area contributed by atoms with Crippen molar-refractivity contribution in [2.45, 2.75) is 19.9 Å². The predicted octanol–water partition coefficient (Wildman–Crippen LogP) is 3.24. The quantitative estimate of drug-likeness (QED) is 0.579. The Morgan fingerprint density at radius 2 is 2.16 bits per heavy atom. The van der Waals surface area contributed by atoms with Crippen LogP contribution in [0, 0.1) is 0 Å². The normalized spacial score (nSPS) is 10.7. The molecule has 0 aliphatic carbocycles. The van der Waals surface area contributed by atoms with Gasteiger partial charge < -0.3 is 15.7 Å². The Bertz CT molecular complexity index is 515. The molecule has 0 radical (unpaired) electrons. The average Bonchev–Trinajstić information content (AvgIpc) is 2.29. The van der Waals surface area contributed by atoms with E-state index in [-0.39, 0.29) is 6.04 Å². The van der Waals surface area contributed by atoms with E-state index in [1.165, 1.54) is 6.08 Å². The van der Waals surface area contributed by atoms with E-state index >= 15 is 0 Å². The van der Waals surface area contributed by atoms with Crippen LogP contribution < -0.4 is 10.6 Å². The summed E-state index contributed by atoms with van der Waals surface area (Å²) in [6.45, 7) is 3.99. The Morgan fingerprint density at radius 3 is 2.74 bits per heavy atom. The van der Waals surface area contributed by atoms with Crippen molar-refractivity contribution in [2.75, 3.05) is 5.32 Å². The summed E-state index contributed by atoms with van der Waals surface area (Å²) in [5.74, 6) is -0.977. The minimum atomic E-state index is -0.977. The molecule has 0 aliphatic heterocycles. The molecule has 0 saturated carbocycles. The van der Waals surface area contributed by atoms with Gasteiger partial charge in [-0.1, -0.05) is 6.07 Å². The van der Waals surface area contributed by atoms with Gasteiger partial charge in [0.05, 0.1) is 5.69 Å². The first-order valence-corrected chi connectivity index (χ1v) is 6.86. The molecule has 4 nitrogen and oxygen atoms in total. The molecule has 19 heavy (non-hydrogen) atoms. The van der Waals surface area contributed by atoms with Gasteiger partial charge in [0, 0.05) is 16.6 Å². The molecule has 102 valence electrons. The third kappa shape index (κ3) is 5.85. The van der Waals surface area contributed by atoms with E-state index in [1.807, 2.05) is 32.0 Å². The lowest BCUT2D eigenvalue weighted by Gasteiger charge is -2.14. The van der Waals surface area contributed by atoms with Crippen molar-refractivity contribution in [2.24, 2.45) is 0 Å². The molecule has 0 atom stereocenters. The maximum Gasteiger partial charge on any atom is 0.328 e. The summed E-state index contributed by atoms with van der Waals surface area (Å²) in [6, 6.07) is 5.71. The smallest absolute Gasteiger partial charge is 0.328 e. The van der Waals surface area contributed by atoms with Crippen LogP contribution in [0.15, 0.2) is 28.7 Å². The van der Waals surface area contributed by atoms with Gasteiger partial charge in [-0.25, -0.2) is 4.79 Å². The summed E-state index contributed by atoms with van der Waals surface area (Å²) in [7, 11) is 0. The molecular weight excluding hydrogens is 328 g/mol. The Balaban J connectivity index is 2.85. The molecule has 0 aromatic heterocycles. The van der Waals surface area contributed by atoms with Gasteiger partial charge in [0.15, 0.2) is 5.11 Å². The highest BCUT2D eigenvalue weighted by Crippen LogP contribution is 2.24. The van der Waals surface area contributed by atoms with Gasteiger partial charge in [-0.2, -0.15) is 0 Å². The Labute approximate surface area is 126 Å². The number of nitrogens with one attached hydrogen (secondary N) is 2. The first-order valence-electron chi connectivity index (χ1n) is 5.66. The van der Waals surface area contributed by atoms with E-state index in [9.17, 15) is 4.79 Å². The molecule has 0 unspecified atom stereocenters. The Morgan fingerprint density at radius 1 is 1.47 bits per heavy atom. The van der Waals surface area contributed by atoms with Gasteiger partial charge in [0.2, 0.25) is 0 Å². The molecule has 1 aromatic carbocycles. The number of benzene rings is 1. The summed E-state index contributed by atoms with van der Waals surface area (Å²) >= 11 is 8.58. The average molecular weight is 343 g/mol. The van der Waals surface area contributed by atoms with Crippen molar-refractivity contribution < 1.29 is 9.90 Å². The van der Waals surface area contributed by atoms with Crippen LogP contribution in [0.4, 0.5) is 5.69 Å². The fourth-order valence-electron chi connectivity index (χ4n) is 1.33. The van der Waals surface area contributed by atoms with E-state index in [4.69, 9.17) is 17.3 Å². The van der Waals surface area contributed by atoms with Crippen LogP contribution in [-0.4, -0.2) is 22.2 Å². The van der Waals surface area contributed by atoms with Crippen molar-refractivity contribution in [3.63, 3.8) is 0 Å². The maximum atomic E-state index is 10.5. The first-order chi connectivity index (χ1) is 8.88. The predicted molar refractivity (Wildman–Crippen MR) is 85.3 cm³/mol. The zero-order chi connectivity index (χ0) is 14.4. The molecule has 0 spiro atoms. The molecular formula is C13H15BrN2O2S. The lowest BCUT2D eigenvalue weighted by molar-refractivity contribution is -0.131. The van der Waals surface area contributed by atoms with Gasteiger partial charge in [0.1, 0.15) is 0 Å². The number of thiocarbonyl (C=S) groups is 1. The number of aliphatic carboxylic acids is 1. The Kier molecular flexibility index (Phi) is 5.98. The number of hydrogen-bond donors (Lipinski definition) is 3. The van der Waals surface area contributed by atoms with Gasteiger partial charge in [-0.3, -0.25) is 0 Å². The molecule has 1 aromatic rings. The van der Waals surface area contributed by atoms with E-state index in [0.717, 1.165) is 21.8 Å². The van der Waals surface area contributed by atoms with E-state index in [2.05, 4.69) is 26.6 Å². The highest BCUT2D eigenvalue weighted by molar-refractivity contribution is 9.10. The molecule has 0 bridgehead atoms. The molecule has 6 heteroatoms. The number of hydrogen-bond acceptors (Lipinski definition) is 2. The number of anilines is 1. The number of carbonyl (C=O) groups is 1. The molecule has 0 heterocycles. The van der Waals surface area contributed by atoms with E-state index in [1.54, 1.807) is 0 Å². The zero-order valence-electron chi connectivity index (χ0n) is 10.6. The van der Waals surface area contributed by atoms with Crippen LogP contribution in [-0.2, 0) is 4.79 Å². The van der Waals surface area contributed by atoms with Gasteiger partial charge in [-0.15, -0.1) is 0 Å². The molecule has 0 amide bonds. The largest absolute Gasteiger partial charge is 0.478 e. The summed E-state index contributed by atoms with van der Waals surface area (Å²) < 4.78 is 0.855. The number of carboxylic acids is 1. The van der Waals surface area contributed by atoms with Crippen LogP contribution in [0.25, 0.3) is 6.08 Å². The van der Waals surface area contributed by atoms with Crippen molar-refractivity contribution in [3.8, 4) is 0 Å². The molecule has 3 N–H and O–H groups in total. The zero-order valence-corrected chi connectivity index (χ0v) is 13.0. The molecule has 0 fully saturated rings. The summed E-state index contributed by atoms with van der Waals surface area (Å²) in [5.41, 5.74) is 1.56. The number of halogens is 1. The second-order valence-electron chi connectivity index (χ2n) is 4.16. The summed E-state index contributed by atoms with van der Waals surface area (Å²) in [4.78, 5) is 10.5. The Hall–Kier alpha value is -1.40. The number of carboxylic acid groups (broad SMARTS) is 1. The minimum Gasteiger partial charge on any atom is -0.478 e. The summed E-state index contributed by atoms with van der Waals surface area (Å²) in [5, 5.41) is 15.3. The standard InChI is InChI=1S/C13H15BrN2O2S/c1-8(2)15-13(19)16-11-7-9(3-5-10(11)14)4-6-12(17)18/h3-8H,1-2H3,(H,17,18)(H2,15,16,19)/b6-4+.